The highest BCUT2D eigenvalue weighted by molar-refractivity contribution is 5.39. The van der Waals surface area contributed by atoms with Crippen LogP contribution in [0.3, 0.4) is 0 Å². The fourth-order valence-electron chi connectivity index (χ4n) is 2.42. The molecule has 0 spiro atoms. The molecule has 1 saturated heterocycles. The van der Waals surface area contributed by atoms with Crippen molar-refractivity contribution in [3.63, 3.8) is 0 Å². The Morgan fingerprint density at radius 2 is 2.16 bits per heavy atom. The molecule has 0 unspecified atom stereocenters. The summed E-state index contributed by atoms with van der Waals surface area (Å²) in [4.78, 5) is 0. The van der Waals surface area contributed by atoms with Gasteiger partial charge >= 0.3 is 0 Å². The number of nitrogens with one attached hydrogen (secondary N) is 2. The first-order chi connectivity index (χ1) is 9.20. The molecule has 0 amide bonds. The van der Waals surface area contributed by atoms with Gasteiger partial charge < -0.3 is 15.4 Å². The maximum atomic E-state index is 5.42. The number of hydrogen-bond acceptors (Lipinski definition) is 3. The Morgan fingerprint density at radius 1 is 1.37 bits per heavy atom. The summed E-state index contributed by atoms with van der Waals surface area (Å²) in [7, 11) is 1.75. The third-order valence-corrected chi connectivity index (χ3v) is 3.81. The van der Waals surface area contributed by atoms with Gasteiger partial charge in [-0.15, -0.1) is 0 Å². The SMILES string of the molecule is COc1ccc(CCNCC2CNC2)cc1C(C)C. The Bertz CT molecular complexity index is 400. The fourth-order valence-corrected chi connectivity index (χ4v) is 2.42. The van der Waals surface area contributed by atoms with Crippen LogP contribution in [0.2, 0.25) is 0 Å². The molecule has 3 heteroatoms. The fraction of sp³-hybridized carbons (Fsp3) is 0.625. The molecule has 0 atom stereocenters. The van der Waals surface area contributed by atoms with Crippen LogP contribution in [-0.4, -0.2) is 33.3 Å². The summed E-state index contributed by atoms with van der Waals surface area (Å²) < 4.78 is 5.42. The van der Waals surface area contributed by atoms with Crippen LogP contribution in [-0.2, 0) is 6.42 Å². The molecule has 0 aromatic heterocycles. The summed E-state index contributed by atoms with van der Waals surface area (Å²) in [6, 6.07) is 6.56. The Kier molecular flexibility index (Phi) is 5.23. The van der Waals surface area contributed by atoms with Crippen LogP contribution in [0.15, 0.2) is 18.2 Å². The summed E-state index contributed by atoms with van der Waals surface area (Å²) in [5.74, 6) is 2.35. The lowest BCUT2D eigenvalue weighted by atomic mass is 9.98. The first-order valence-electron chi connectivity index (χ1n) is 7.29. The molecule has 2 N–H and O–H groups in total. The zero-order chi connectivity index (χ0) is 13.7. The van der Waals surface area contributed by atoms with Crippen molar-refractivity contribution in [2.24, 2.45) is 5.92 Å². The van der Waals surface area contributed by atoms with Crippen LogP contribution in [0.25, 0.3) is 0 Å². The van der Waals surface area contributed by atoms with Crippen molar-refractivity contribution in [1.82, 2.24) is 10.6 Å². The predicted molar refractivity (Wildman–Crippen MR) is 80.0 cm³/mol. The Hall–Kier alpha value is -1.06. The standard InChI is InChI=1S/C16H26N2O/c1-12(2)15-8-13(4-5-16(15)19-3)6-7-17-9-14-10-18-11-14/h4-5,8,12,14,17-18H,6-7,9-11H2,1-3H3. The summed E-state index contributed by atoms with van der Waals surface area (Å²) in [6.45, 7) is 8.97. The van der Waals surface area contributed by atoms with E-state index < -0.39 is 0 Å². The lowest BCUT2D eigenvalue weighted by Gasteiger charge is -2.27. The van der Waals surface area contributed by atoms with E-state index >= 15 is 0 Å². The lowest BCUT2D eigenvalue weighted by molar-refractivity contribution is 0.333. The normalized spacial score (nSPS) is 15.6. The van der Waals surface area contributed by atoms with Crippen LogP contribution in [0.5, 0.6) is 5.75 Å². The molecule has 1 aromatic carbocycles. The molecule has 1 aliphatic heterocycles. The maximum Gasteiger partial charge on any atom is 0.122 e. The van der Waals surface area contributed by atoms with Gasteiger partial charge in [0.05, 0.1) is 7.11 Å². The highest BCUT2D eigenvalue weighted by Gasteiger charge is 2.15. The summed E-state index contributed by atoms with van der Waals surface area (Å²) >= 11 is 0. The second kappa shape index (κ2) is 6.92. The number of hydrogen-bond donors (Lipinski definition) is 2. The number of benzene rings is 1. The molecule has 1 fully saturated rings. The van der Waals surface area contributed by atoms with Crippen LogP contribution in [0.1, 0.15) is 30.9 Å². The molecule has 1 heterocycles. The quantitative estimate of drug-likeness (QED) is 0.739. The van der Waals surface area contributed by atoms with E-state index in [1.54, 1.807) is 7.11 Å². The average Bonchev–Trinajstić information content (AvgIpc) is 2.36. The molecule has 2 rings (SSSR count). The molecule has 0 aliphatic carbocycles. The van der Waals surface area contributed by atoms with Crippen molar-refractivity contribution in [2.75, 3.05) is 33.3 Å². The first-order valence-corrected chi connectivity index (χ1v) is 7.29. The molecule has 0 bridgehead atoms. The molecule has 1 aliphatic rings. The van der Waals surface area contributed by atoms with Crippen LogP contribution < -0.4 is 15.4 Å². The van der Waals surface area contributed by atoms with Crippen LogP contribution >= 0.6 is 0 Å². The predicted octanol–water partition coefficient (Wildman–Crippen LogP) is 2.17. The van der Waals surface area contributed by atoms with Gasteiger partial charge in [-0.1, -0.05) is 26.0 Å². The van der Waals surface area contributed by atoms with E-state index in [1.807, 2.05) is 0 Å². The molecular formula is C16H26N2O. The van der Waals surface area contributed by atoms with Crippen molar-refractivity contribution in [3.8, 4) is 5.75 Å². The van der Waals surface area contributed by atoms with Gasteiger partial charge in [0.25, 0.3) is 0 Å². The Balaban J connectivity index is 1.83. The van der Waals surface area contributed by atoms with Gasteiger partial charge in [0.2, 0.25) is 0 Å². The molecule has 1 aromatic rings. The van der Waals surface area contributed by atoms with E-state index in [4.69, 9.17) is 4.74 Å². The third kappa shape index (κ3) is 3.95. The highest BCUT2D eigenvalue weighted by Crippen LogP contribution is 2.27. The van der Waals surface area contributed by atoms with Crippen molar-refractivity contribution < 1.29 is 4.74 Å². The maximum absolute atomic E-state index is 5.42. The minimum absolute atomic E-state index is 0.504. The van der Waals surface area contributed by atoms with E-state index in [-0.39, 0.29) is 0 Å². The zero-order valence-electron chi connectivity index (χ0n) is 12.3. The smallest absolute Gasteiger partial charge is 0.122 e. The minimum atomic E-state index is 0.504. The van der Waals surface area contributed by atoms with E-state index in [1.165, 1.54) is 24.2 Å². The second-order valence-corrected chi connectivity index (χ2v) is 5.71. The molecule has 106 valence electrons. The molecule has 0 saturated carbocycles. The Labute approximate surface area is 116 Å². The van der Waals surface area contributed by atoms with Gasteiger partial charge in [-0.3, -0.25) is 0 Å². The topological polar surface area (TPSA) is 33.3 Å². The van der Waals surface area contributed by atoms with Gasteiger partial charge in [0.1, 0.15) is 5.75 Å². The van der Waals surface area contributed by atoms with E-state index in [9.17, 15) is 0 Å². The number of methoxy groups -OCH3 is 1. The average molecular weight is 262 g/mol. The van der Waals surface area contributed by atoms with Crippen molar-refractivity contribution in [3.05, 3.63) is 29.3 Å². The van der Waals surface area contributed by atoms with Gasteiger partial charge in [0.15, 0.2) is 0 Å². The third-order valence-electron chi connectivity index (χ3n) is 3.81. The van der Waals surface area contributed by atoms with E-state index in [2.05, 4.69) is 42.7 Å². The number of rotatable bonds is 7. The highest BCUT2D eigenvalue weighted by atomic mass is 16.5. The lowest BCUT2D eigenvalue weighted by Crippen LogP contribution is -2.47. The molecule has 3 nitrogen and oxygen atoms in total. The van der Waals surface area contributed by atoms with Crippen molar-refractivity contribution in [1.29, 1.82) is 0 Å². The van der Waals surface area contributed by atoms with Gasteiger partial charge in [-0.05, 0) is 42.0 Å². The van der Waals surface area contributed by atoms with Crippen molar-refractivity contribution >= 4 is 0 Å². The summed E-state index contributed by atoms with van der Waals surface area (Å²) in [5, 5.41) is 6.84. The summed E-state index contributed by atoms with van der Waals surface area (Å²) in [5.41, 5.74) is 2.70. The molecular weight excluding hydrogens is 236 g/mol. The largest absolute Gasteiger partial charge is 0.496 e. The number of ether oxygens (including phenoxy) is 1. The Morgan fingerprint density at radius 3 is 2.74 bits per heavy atom. The van der Waals surface area contributed by atoms with Gasteiger partial charge in [-0.2, -0.15) is 0 Å². The van der Waals surface area contributed by atoms with Crippen molar-refractivity contribution in [2.45, 2.75) is 26.2 Å². The minimum Gasteiger partial charge on any atom is -0.496 e. The monoisotopic (exact) mass is 262 g/mol. The van der Waals surface area contributed by atoms with E-state index in [0.717, 1.165) is 31.2 Å². The second-order valence-electron chi connectivity index (χ2n) is 5.71. The molecule has 0 radical (unpaired) electrons. The van der Waals surface area contributed by atoms with Crippen LogP contribution in [0.4, 0.5) is 0 Å². The molecule has 19 heavy (non-hydrogen) atoms. The first kappa shape index (κ1) is 14.4. The zero-order valence-corrected chi connectivity index (χ0v) is 12.3. The van der Waals surface area contributed by atoms with Gasteiger partial charge in [-0.25, -0.2) is 0 Å². The summed E-state index contributed by atoms with van der Waals surface area (Å²) in [6.07, 6.45) is 1.09. The van der Waals surface area contributed by atoms with Gasteiger partial charge in [0, 0.05) is 19.6 Å². The van der Waals surface area contributed by atoms with Crippen LogP contribution in [0, 0.1) is 5.92 Å². The van der Waals surface area contributed by atoms with E-state index in [0.29, 0.717) is 5.92 Å².